The number of carbonyl (C=O) groups is 1. The van der Waals surface area contributed by atoms with Gasteiger partial charge in [-0.05, 0) is 13.0 Å². The van der Waals surface area contributed by atoms with Crippen LogP contribution >= 0.6 is 15.9 Å². The Morgan fingerprint density at radius 1 is 1.44 bits per heavy atom. The average molecular weight is 314 g/mol. The van der Waals surface area contributed by atoms with E-state index in [1.54, 1.807) is 24.0 Å². The Bertz CT molecular complexity index is 463. The molecular weight excluding hydrogens is 298 g/mol. The van der Waals surface area contributed by atoms with Gasteiger partial charge in [-0.2, -0.15) is 0 Å². The summed E-state index contributed by atoms with van der Waals surface area (Å²) in [6, 6.07) is 7.18. The van der Waals surface area contributed by atoms with Gasteiger partial charge in [-0.3, -0.25) is 4.79 Å². The minimum absolute atomic E-state index is 0.0155. The Morgan fingerprint density at radius 2 is 2.11 bits per heavy atom. The summed E-state index contributed by atoms with van der Waals surface area (Å²) in [5, 5.41) is 20.7. The molecule has 1 aromatic carbocycles. The van der Waals surface area contributed by atoms with Crippen molar-refractivity contribution in [3.63, 3.8) is 0 Å². The van der Waals surface area contributed by atoms with Crippen LogP contribution in [0.3, 0.4) is 0 Å². The van der Waals surface area contributed by atoms with E-state index in [9.17, 15) is 15.0 Å². The van der Waals surface area contributed by atoms with E-state index in [2.05, 4.69) is 15.9 Å². The van der Waals surface area contributed by atoms with Crippen LogP contribution in [0.15, 0.2) is 24.3 Å². The molecule has 1 aliphatic rings. The van der Waals surface area contributed by atoms with E-state index in [1.807, 2.05) is 12.1 Å². The third kappa shape index (κ3) is 2.06. The van der Waals surface area contributed by atoms with Crippen LogP contribution < -0.4 is 4.90 Å². The topological polar surface area (TPSA) is 60.8 Å². The van der Waals surface area contributed by atoms with Crippen LogP contribution in [0.5, 0.6) is 0 Å². The molecule has 0 aromatic heterocycles. The predicted octanol–water partition coefficient (Wildman–Crippen LogP) is 1.39. The van der Waals surface area contributed by atoms with Gasteiger partial charge in [0.25, 0.3) is 5.91 Å². The highest BCUT2D eigenvalue weighted by Crippen LogP contribution is 2.42. The number of hydrogen-bond donors (Lipinski definition) is 2. The van der Waals surface area contributed by atoms with Crippen molar-refractivity contribution in [3.05, 3.63) is 29.8 Å². The number of fused-ring (bicyclic) bond motifs is 1. The quantitative estimate of drug-likeness (QED) is 0.826. The minimum atomic E-state index is -1.60. The number of halogens is 1. The molecule has 2 N–H and O–H groups in total. The largest absolute Gasteiger partial charge is 0.393 e. The molecule has 5 heteroatoms. The van der Waals surface area contributed by atoms with Crippen LogP contribution in [0.2, 0.25) is 0 Å². The molecule has 2 atom stereocenters. The number of aliphatic hydroxyl groups is 2. The van der Waals surface area contributed by atoms with Crippen LogP contribution in [0.25, 0.3) is 0 Å². The van der Waals surface area contributed by atoms with E-state index >= 15 is 0 Å². The second kappa shape index (κ2) is 4.99. The van der Waals surface area contributed by atoms with Crippen molar-refractivity contribution in [1.82, 2.24) is 0 Å². The predicted molar refractivity (Wildman–Crippen MR) is 72.8 cm³/mol. The van der Waals surface area contributed by atoms with Gasteiger partial charge in [-0.25, -0.2) is 0 Å². The van der Waals surface area contributed by atoms with Crippen molar-refractivity contribution in [2.24, 2.45) is 0 Å². The highest BCUT2D eigenvalue weighted by atomic mass is 79.9. The van der Waals surface area contributed by atoms with Crippen LogP contribution in [0, 0.1) is 0 Å². The van der Waals surface area contributed by atoms with Crippen molar-refractivity contribution in [3.8, 4) is 0 Å². The molecule has 0 saturated carbocycles. The monoisotopic (exact) mass is 313 g/mol. The summed E-state index contributed by atoms with van der Waals surface area (Å²) in [5.74, 6) is -0.357. The smallest absolute Gasteiger partial charge is 0.263 e. The standard InChI is InChI=1S/C13H16BrNO3/c1-9(16)8-13(18)10-4-2-3-5-11(10)15(7-6-14)12(13)17/h2-5,9,16,18H,6-8H2,1H3. The van der Waals surface area contributed by atoms with Crippen LogP contribution in [0.4, 0.5) is 5.69 Å². The first-order valence-electron chi connectivity index (χ1n) is 5.88. The molecule has 0 aliphatic carbocycles. The van der Waals surface area contributed by atoms with Gasteiger partial charge < -0.3 is 15.1 Å². The molecule has 1 aliphatic heterocycles. The fraction of sp³-hybridized carbons (Fsp3) is 0.462. The number of rotatable bonds is 4. The summed E-state index contributed by atoms with van der Waals surface area (Å²) in [4.78, 5) is 13.9. The van der Waals surface area contributed by atoms with Gasteiger partial charge in [0.2, 0.25) is 0 Å². The molecule has 0 saturated heterocycles. The van der Waals surface area contributed by atoms with Crippen molar-refractivity contribution >= 4 is 27.5 Å². The van der Waals surface area contributed by atoms with Gasteiger partial charge in [-0.15, -0.1) is 0 Å². The number of hydrogen-bond acceptors (Lipinski definition) is 3. The molecule has 4 nitrogen and oxygen atoms in total. The lowest BCUT2D eigenvalue weighted by Gasteiger charge is -2.24. The number of nitrogens with zero attached hydrogens (tertiary/aromatic N) is 1. The zero-order valence-corrected chi connectivity index (χ0v) is 11.7. The maximum absolute atomic E-state index is 12.4. The molecule has 1 aromatic rings. The fourth-order valence-electron chi connectivity index (χ4n) is 2.44. The molecule has 1 heterocycles. The number of anilines is 1. The van der Waals surface area contributed by atoms with Crippen molar-refractivity contribution < 1.29 is 15.0 Å². The number of para-hydroxylation sites is 1. The van der Waals surface area contributed by atoms with Crippen LogP contribution in [-0.4, -0.2) is 34.1 Å². The summed E-state index contributed by atoms with van der Waals surface area (Å²) < 4.78 is 0. The van der Waals surface area contributed by atoms with Crippen LogP contribution in [0.1, 0.15) is 18.9 Å². The SMILES string of the molecule is CC(O)CC1(O)C(=O)N(CCBr)c2ccccc21. The Balaban J connectivity index is 2.47. The Kier molecular flexibility index (Phi) is 3.75. The van der Waals surface area contributed by atoms with Gasteiger partial charge in [0.15, 0.2) is 5.60 Å². The minimum Gasteiger partial charge on any atom is -0.393 e. The molecule has 0 bridgehead atoms. The Morgan fingerprint density at radius 3 is 2.72 bits per heavy atom. The van der Waals surface area contributed by atoms with E-state index in [0.717, 1.165) is 5.69 Å². The number of amides is 1. The van der Waals surface area contributed by atoms with E-state index in [0.29, 0.717) is 17.4 Å². The number of benzene rings is 1. The molecule has 0 radical (unpaired) electrons. The molecule has 18 heavy (non-hydrogen) atoms. The summed E-state index contributed by atoms with van der Waals surface area (Å²) in [7, 11) is 0. The second-order valence-corrected chi connectivity index (χ2v) is 5.37. The zero-order chi connectivity index (χ0) is 13.3. The van der Waals surface area contributed by atoms with E-state index in [1.165, 1.54) is 0 Å². The average Bonchev–Trinajstić information content (AvgIpc) is 2.52. The van der Waals surface area contributed by atoms with Gasteiger partial charge >= 0.3 is 0 Å². The zero-order valence-electron chi connectivity index (χ0n) is 10.1. The molecule has 2 rings (SSSR count). The number of aliphatic hydroxyl groups excluding tert-OH is 1. The second-order valence-electron chi connectivity index (χ2n) is 4.58. The first kappa shape index (κ1) is 13.5. The summed E-state index contributed by atoms with van der Waals surface area (Å²) in [6.45, 7) is 2.07. The highest BCUT2D eigenvalue weighted by molar-refractivity contribution is 9.09. The highest BCUT2D eigenvalue weighted by Gasteiger charge is 2.49. The van der Waals surface area contributed by atoms with E-state index < -0.39 is 11.7 Å². The van der Waals surface area contributed by atoms with Gasteiger partial charge in [0.05, 0.1) is 11.8 Å². The van der Waals surface area contributed by atoms with E-state index in [4.69, 9.17) is 0 Å². The first-order chi connectivity index (χ1) is 8.50. The molecule has 98 valence electrons. The maximum atomic E-state index is 12.4. The molecule has 1 amide bonds. The fourth-order valence-corrected chi connectivity index (χ4v) is 2.79. The van der Waals surface area contributed by atoms with Gasteiger partial charge in [-0.1, -0.05) is 34.1 Å². The third-order valence-corrected chi connectivity index (χ3v) is 3.49. The maximum Gasteiger partial charge on any atom is 0.263 e. The Labute approximate surface area is 114 Å². The van der Waals surface area contributed by atoms with Gasteiger partial charge in [0.1, 0.15) is 0 Å². The number of alkyl halides is 1. The lowest BCUT2D eigenvalue weighted by atomic mass is 9.90. The summed E-state index contributed by atoms with van der Waals surface area (Å²) in [6.07, 6.45) is -0.724. The lowest BCUT2D eigenvalue weighted by molar-refractivity contribution is -0.139. The lowest BCUT2D eigenvalue weighted by Crippen LogP contribution is -2.42. The van der Waals surface area contributed by atoms with Crippen molar-refractivity contribution in [2.75, 3.05) is 16.8 Å². The first-order valence-corrected chi connectivity index (χ1v) is 7.00. The summed E-state index contributed by atoms with van der Waals surface area (Å²) in [5.41, 5.74) is -0.297. The van der Waals surface area contributed by atoms with E-state index in [-0.39, 0.29) is 12.3 Å². The molecule has 0 spiro atoms. The molecule has 0 fully saturated rings. The van der Waals surface area contributed by atoms with Crippen molar-refractivity contribution in [2.45, 2.75) is 25.0 Å². The Hall–Kier alpha value is -0.910. The molecular formula is C13H16BrNO3. The van der Waals surface area contributed by atoms with Gasteiger partial charge in [0, 0.05) is 23.9 Å². The molecule has 2 unspecified atom stereocenters. The van der Waals surface area contributed by atoms with Crippen LogP contribution in [-0.2, 0) is 10.4 Å². The third-order valence-electron chi connectivity index (χ3n) is 3.14. The normalized spacial score (nSPS) is 24.2. The van der Waals surface area contributed by atoms with Crippen molar-refractivity contribution in [1.29, 1.82) is 0 Å². The number of carbonyl (C=O) groups excluding carboxylic acids is 1. The summed E-state index contributed by atoms with van der Waals surface area (Å²) >= 11 is 3.30.